The number of rotatable bonds is 5. The van der Waals surface area contributed by atoms with Crippen LogP contribution in [-0.4, -0.2) is 41.1 Å². The number of hydrogen-bond acceptors (Lipinski definition) is 4. The smallest absolute Gasteiger partial charge is 0.257 e. The molecular formula is C20H26ClN3O2. The zero-order valence-corrected chi connectivity index (χ0v) is 16.4. The molecule has 0 radical (unpaired) electrons. The average molecular weight is 376 g/mol. The number of carbonyl (C=O) groups excluding carboxylic acids is 1. The Morgan fingerprint density at radius 1 is 1.27 bits per heavy atom. The molecule has 26 heavy (non-hydrogen) atoms. The summed E-state index contributed by atoms with van der Waals surface area (Å²) < 4.78 is 5.29. The van der Waals surface area contributed by atoms with E-state index in [0.29, 0.717) is 34.1 Å². The van der Waals surface area contributed by atoms with Crippen molar-refractivity contribution in [2.75, 3.05) is 19.6 Å². The minimum Gasteiger partial charge on any atom is -0.360 e. The Labute approximate surface area is 159 Å². The summed E-state index contributed by atoms with van der Waals surface area (Å²) in [5.74, 6) is 0.317. The Hall–Kier alpha value is -1.85. The molecule has 1 amide bonds. The second-order valence-corrected chi connectivity index (χ2v) is 7.89. The highest BCUT2D eigenvalue weighted by Gasteiger charge is 2.30. The predicted octanol–water partition coefficient (Wildman–Crippen LogP) is 4.30. The van der Waals surface area contributed by atoms with E-state index in [4.69, 9.17) is 16.1 Å². The summed E-state index contributed by atoms with van der Waals surface area (Å²) in [5, 5.41) is 7.69. The number of hydrogen-bond donors (Lipinski definition) is 1. The van der Waals surface area contributed by atoms with Gasteiger partial charge in [-0.05, 0) is 52.8 Å². The highest BCUT2D eigenvalue weighted by Crippen LogP contribution is 2.31. The third-order valence-electron chi connectivity index (χ3n) is 5.11. The maximum Gasteiger partial charge on any atom is 0.257 e. The monoisotopic (exact) mass is 375 g/mol. The van der Waals surface area contributed by atoms with Crippen molar-refractivity contribution in [3.8, 4) is 11.3 Å². The van der Waals surface area contributed by atoms with Gasteiger partial charge in [0.1, 0.15) is 17.0 Å². The van der Waals surface area contributed by atoms with Crippen LogP contribution in [0.4, 0.5) is 0 Å². The summed E-state index contributed by atoms with van der Waals surface area (Å²) in [7, 11) is 0. The predicted molar refractivity (Wildman–Crippen MR) is 104 cm³/mol. The number of aromatic nitrogens is 1. The van der Waals surface area contributed by atoms with Gasteiger partial charge in [-0.2, -0.15) is 0 Å². The first-order chi connectivity index (χ1) is 12.4. The molecule has 1 aromatic heterocycles. The van der Waals surface area contributed by atoms with E-state index in [1.165, 1.54) is 19.3 Å². The molecule has 140 valence electrons. The van der Waals surface area contributed by atoms with E-state index in [0.717, 1.165) is 13.1 Å². The van der Waals surface area contributed by atoms with Crippen LogP contribution in [-0.2, 0) is 0 Å². The molecule has 1 saturated heterocycles. The molecule has 1 aliphatic rings. The SMILES string of the molecule is Cc1onc(-c2ccccc2Cl)c1C(=O)NCC(C)(C)N1CCCCC1. The number of carbonyl (C=O) groups is 1. The van der Waals surface area contributed by atoms with Gasteiger partial charge in [-0.15, -0.1) is 0 Å². The molecule has 0 saturated carbocycles. The lowest BCUT2D eigenvalue weighted by atomic mass is 9.98. The van der Waals surface area contributed by atoms with Crippen molar-refractivity contribution < 1.29 is 9.32 Å². The lowest BCUT2D eigenvalue weighted by Gasteiger charge is -2.41. The van der Waals surface area contributed by atoms with E-state index >= 15 is 0 Å². The molecule has 0 bridgehead atoms. The van der Waals surface area contributed by atoms with E-state index in [-0.39, 0.29) is 11.4 Å². The second kappa shape index (κ2) is 7.80. The maximum atomic E-state index is 12.9. The van der Waals surface area contributed by atoms with Crippen LogP contribution in [0.1, 0.15) is 49.2 Å². The van der Waals surface area contributed by atoms with Crippen molar-refractivity contribution in [1.29, 1.82) is 0 Å². The summed E-state index contributed by atoms with van der Waals surface area (Å²) in [5.41, 5.74) is 1.55. The Morgan fingerprint density at radius 2 is 1.96 bits per heavy atom. The number of nitrogens with zero attached hydrogens (tertiary/aromatic N) is 2. The second-order valence-electron chi connectivity index (χ2n) is 7.49. The molecule has 0 spiro atoms. The molecule has 3 rings (SSSR count). The summed E-state index contributed by atoms with van der Waals surface area (Å²) in [6, 6.07) is 7.34. The lowest BCUT2D eigenvalue weighted by molar-refractivity contribution is 0.0797. The molecule has 0 unspecified atom stereocenters. The van der Waals surface area contributed by atoms with Crippen molar-refractivity contribution in [1.82, 2.24) is 15.4 Å². The fourth-order valence-electron chi connectivity index (χ4n) is 3.47. The van der Waals surface area contributed by atoms with Crippen LogP contribution in [0.2, 0.25) is 5.02 Å². The first kappa shape index (κ1) is 18.9. The number of amides is 1. The standard InChI is InChI=1S/C20H26ClN3O2/c1-14-17(18(23-26-14)15-9-5-6-10-16(15)21)19(25)22-13-20(2,3)24-11-7-4-8-12-24/h5-6,9-10H,4,7-8,11-13H2,1-3H3,(H,22,25). The van der Waals surface area contributed by atoms with Gasteiger partial charge in [-0.3, -0.25) is 9.69 Å². The third-order valence-corrected chi connectivity index (χ3v) is 5.44. The molecule has 1 fully saturated rings. The highest BCUT2D eigenvalue weighted by atomic mass is 35.5. The first-order valence-corrected chi connectivity index (χ1v) is 9.52. The van der Waals surface area contributed by atoms with Gasteiger partial charge in [0.25, 0.3) is 5.91 Å². The average Bonchev–Trinajstić information content (AvgIpc) is 3.02. The normalized spacial score (nSPS) is 15.8. The van der Waals surface area contributed by atoms with Gasteiger partial charge in [0, 0.05) is 17.6 Å². The van der Waals surface area contributed by atoms with Crippen LogP contribution in [0.5, 0.6) is 0 Å². The van der Waals surface area contributed by atoms with E-state index in [9.17, 15) is 4.79 Å². The number of nitrogens with one attached hydrogen (secondary N) is 1. The van der Waals surface area contributed by atoms with Gasteiger partial charge in [-0.1, -0.05) is 41.4 Å². The van der Waals surface area contributed by atoms with Gasteiger partial charge in [-0.25, -0.2) is 0 Å². The number of aryl methyl sites for hydroxylation is 1. The number of benzene rings is 1. The van der Waals surface area contributed by atoms with Crippen LogP contribution in [0.25, 0.3) is 11.3 Å². The fraction of sp³-hybridized carbons (Fsp3) is 0.500. The van der Waals surface area contributed by atoms with Crippen molar-refractivity contribution in [2.45, 2.75) is 45.6 Å². The third kappa shape index (κ3) is 3.94. The van der Waals surface area contributed by atoms with Crippen LogP contribution in [0.3, 0.4) is 0 Å². The minimum absolute atomic E-state index is 0.0916. The topological polar surface area (TPSA) is 58.4 Å². The molecule has 1 N–H and O–H groups in total. The zero-order chi connectivity index (χ0) is 18.7. The Kier molecular flexibility index (Phi) is 5.68. The zero-order valence-electron chi connectivity index (χ0n) is 15.6. The number of likely N-dealkylation sites (tertiary alicyclic amines) is 1. The van der Waals surface area contributed by atoms with Crippen molar-refractivity contribution >= 4 is 17.5 Å². The van der Waals surface area contributed by atoms with Gasteiger partial charge < -0.3 is 9.84 Å². The Bertz CT molecular complexity index is 779. The van der Waals surface area contributed by atoms with E-state index in [1.54, 1.807) is 13.0 Å². The van der Waals surface area contributed by atoms with Gasteiger partial charge >= 0.3 is 0 Å². The van der Waals surface area contributed by atoms with Gasteiger partial charge in [0.15, 0.2) is 0 Å². The fourth-order valence-corrected chi connectivity index (χ4v) is 3.70. The van der Waals surface area contributed by atoms with E-state index in [1.807, 2.05) is 18.2 Å². The molecule has 5 nitrogen and oxygen atoms in total. The molecule has 1 aromatic carbocycles. The van der Waals surface area contributed by atoms with E-state index < -0.39 is 0 Å². The highest BCUT2D eigenvalue weighted by molar-refractivity contribution is 6.33. The largest absolute Gasteiger partial charge is 0.360 e. The number of piperidine rings is 1. The molecular weight excluding hydrogens is 350 g/mol. The van der Waals surface area contributed by atoms with Gasteiger partial charge in [0.05, 0.1) is 5.02 Å². The van der Waals surface area contributed by atoms with Crippen molar-refractivity contribution in [3.05, 3.63) is 40.6 Å². The molecule has 2 aromatic rings. The molecule has 1 aliphatic heterocycles. The number of halogens is 1. The Morgan fingerprint density at radius 3 is 2.65 bits per heavy atom. The molecule has 2 heterocycles. The van der Waals surface area contributed by atoms with Crippen molar-refractivity contribution in [2.24, 2.45) is 0 Å². The van der Waals surface area contributed by atoms with Crippen LogP contribution >= 0.6 is 11.6 Å². The molecule has 0 aliphatic carbocycles. The van der Waals surface area contributed by atoms with Gasteiger partial charge in [0.2, 0.25) is 0 Å². The quantitative estimate of drug-likeness (QED) is 0.846. The summed E-state index contributed by atoms with van der Waals surface area (Å²) in [6.07, 6.45) is 3.73. The minimum atomic E-state index is -0.177. The molecule has 0 atom stereocenters. The van der Waals surface area contributed by atoms with E-state index in [2.05, 4.69) is 29.2 Å². The maximum absolute atomic E-state index is 12.9. The Balaban J connectivity index is 1.76. The lowest BCUT2D eigenvalue weighted by Crippen LogP contribution is -2.53. The summed E-state index contributed by atoms with van der Waals surface area (Å²) in [4.78, 5) is 15.3. The van der Waals surface area contributed by atoms with Crippen LogP contribution in [0, 0.1) is 6.92 Å². The van der Waals surface area contributed by atoms with Crippen molar-refractivity contribution in [3.63, 3.8) is 0 Å². The van der Waals surface area contributed by atoms with Crippen LogP contribution < -0.4 is 5.32 Å². The summed E-state index contributed by atoms with van der Waals surface area (Å²) >= 11 is 6.28. The first-order valence-electron chi connectivity index (χ1n) is 9.14. The molecule has 6 heteroatoms. The summed E-state index contributed by atoms with van der Waals surface area (Å²) in [6.45, 7) is 8.83. The van der Waals surface area contributed by atoms with Crippen LogP contribution in [0.15, 0.2) is 28.8 Å².